The van der Waals surface area contributed by atoms with Crippen molar-refractivity contribution in [1.82, 2.24) is 4.98 Å². The van der Waals surface area contributed by atoms with Crippen molar-refractivity contribution in [2.75, 3.05) is 0 Å². The van der Waals surface area contributed by atoms with E-state index in [-0.39, 0.29) is 18.1 Å². The number of ether oxygens (including phenoxy) is 2. The lowest BCUT2D eigenvalue weighted by molar-refractivity contribution is 0.0697. The van der Waals surface area contributed by atoms with Gasteiger partial charge in [-0.05, 0) is 29.3 Å². The number of benzene rings is 3. The Labute approximate surface area is 184 Å². The Morgan fingerprint density at radius 3 is 2.00 bits per heavy atom. The summed E-state index contributed by atoms with van der Waals surface area (Å²) in [6, 6.07) is 26.1. The van der Waals surface area contributed by atoms with Gasteiger partial charge in [-0.25, -0.2) is 9.18 Å². The van der Waals surface area contributed by atoms with Gasteiger partial charge in [-0.3, -0.25) is 0 Å². The van der Waals surface area contributed by atoms with Gasteiger partial charge in [0.25, 0.3) is 0 Å². The Morgan fingerprint density at radius 2 is 1.38 bits per heavy atom. The van der Waals surface area contributed by atoms with Gasteiger partial charge in [0.05, 0.1) is 5.56 Å². The third-order valence-corrected chi connectivity index (χ3v) is 4.78. The van der Waals surface area contributed by atoms with Gasteiger partial charge in [-0.2, -0.15) is 4.98 Å². The number of carboxylic acids is 1. The van der Waals surface area contributed by atoms with Gasteiger partial charge in [0.1, 0.15) is 19.0 Å². The van der Waals surface area contributed by atoms with Gasteiger partial charge in [0.15, 0.2) is 0 Å². The van der Waals surface area contributed by atoms with Crippen LogP contribution in [0.15, 0.2) is 91.0 Å². The van der Waals surface area contributed by atoms with Crippen LogP contribution in [-0.2, 0) is 13.2 Å². The van der Waals surface area contributed by atoms with E-state index >= 15 is 0 Å². The van der Waals surface area contributed by atoms with Crippen molar-refractivity contribution in [2.24, 2.45) is 0 Å². The molecule has 32 heavy (non-hydrogen) atoms. The summed E-state index contributed by atoms with van der Waals surface area (Å²) in [6.07, 6.45) is 0. The van der Waals surface area contributed by atoms with Crippen LogP contribution in [-0.4, -0.2) is 16.1 Å². The molecule has 1 aromatic heterocycles. The van der Waals surface area contributed by atoms with Crippen LogP contribution in [0, 0.1) is 5.82 Å². The fourth-order valence-electron chi connectivity index (χ4n) is 3.20. The highest BCUT2D eigenvalue weighted by molar-refractivity contribution is 5.96. The average molecular weight is 429 g/mol. The van der Waals surface area contributed by atoms with Crippen molar-refractivity contribution in [3.63, 3.8) is 0 Å². The quantitative estimate of drug-likeness (QED) is 0.387. The second-order valence-corrected chi connectivity index (χ2v) is 7.05. The number of aromatic carboxylic acids is 1. The summed E-state index contributed by atoms with van der Waals surface area (Å²) in [4.78, 5) is 16.2. The molecule has 1 heterocycles. The minimum absolute atomic E-state index is 0.172. The van der Waals surface area contributed by atoms with E-state index in [0.717, 1.165) is 17.2 Å². The third-order valence-electron chi connectivity index (χ3n) is 4.78. The summed E-state index contributed by atoms with van der Waals surface area (Å²) in [6.45, 7) is 0.550. The van der Waals surface area contributed by atoms with Gasteiger partial charge in [-0.15, -0.1) is 0 Å². The molecule has 160 valence electrons. The highest BCUT2D eigenvalue weighted by Crippen LogP contribution is 2.34. The number of aromatic nitrogens is 1. The second kappa shape index (κ2) is 9.75. The van der Waals surface area contributed by atoms with Crippen molar-refractivity contribution in [3.8, 4) is 22.9 Å². The highest BCUT2D eigenvalue weighted by atomic mass is 19.1. The first-order chi connectivity index (χ1) is 15.6. The van der Waals surface area contributed by atoms with Crippen molar-refractivity contribution in [2.45, 2.75) is 13.2 Å². The van der Waals surface area contributed by atoms with Crippen LogP contribution in [0.2, 0.25) is 0 Å². The molecule has 5 nitrogen and oxygen atoms in total. The molecule has 4 aromatic rings. The predicted molar refractivity (Wildman–Crippen MR) is 118 cm³/mol. The summed E-state index contributed by atoms with van der Waals surface area (Å²) < 4.78 is 25.5. The van der Waals surface area contributed by atoms with Crippen LogP contribution in [0.3, 0.4) is 0 Å². The largest absolute Gasteiger partial charge is 0.478 e. The molecule has 0 saturated heterocycles. The lowest BCUT2D eigenvalue weighted by Gasteiger charge is -2.14. The molecule has 0 radical (unpaired) electrons. The molecule has 6 heteroatoms. The average Bonchev–Trinajstić information content (AvgIpc) is 2.83. The summed E-state index contributed by atoms with van der Waals surface area (Å²) >= 11 is 0. The molecule has 0 aliphatic carbocycles. The molecule has 0 aliphatic rings. The van der Waals surface area contributed by atoms with E-state index in [1.54, 1.807) is 12.1 Å². The number of carbonyl (C=O) groups is 1. The van der Waals surface area contributed by atoms with Crippen molar-refractivity contribution >= 4 is 5.97 Å². The first kappa shape index (κ1) is 21.1. The first-order valence-electron chi connectivity index (χ1n) is 9.98. The van der Waals surface area contributed by atoms with Gasteiger partial charge < -0.3 is 14.6 Å². The van der Waals surface area contributed by atoms with E-state index in [1.165, 1.54) is 12.1 Å². The topological polar surface area (TPSA) is 68.7 Å². The Balaban J connectivity index is 1.68. The van der Waals surface area contributed by atoms with E-state index in [2.05, 4.69) is 4.98 Å². The SMILES string of the molecule is O=C(O)c1cc(F)ccc1-c1ccc(OCc2ccccc2)nc1OCc1ccccc1. The zero-order valence-electron chi connectivity index (χ0n) is 17.1. The van der Waals surface area contributed by atoms with Crippen LogP contribution in [0.5, 0.6) is 11.8 Å². The maximum absolute atomic E-state index is 13.7. The summed E-state index contributed by atoms with van der Waals surface area (Å²) in [5.41, 5.74) is 2.48. The van der Waals surface area contributed by atoms with Gasteiger partial charge in [0.2, 0.25) is 11.8 Å². The maximum Gasteiger partial charge on any atom is 0.336 e. The van der Waals surface area contributed by atoms with E-state index in [1.807, 2.05) is 60.7 Å². The van der Waals surface area contributed by atoms with E-state index in [9.17, 15) is 14.3 Å². The number of hydrogen-bond acceptors (Lipinski definition) is 4. The van der Waals surface area contributed by atoms with Gasteiger partial charge >= 0.3 is 5.97 Å². The van der Waals surface area contributed by atoms with Gasteiger partial charge in [-0.1, -0.05) is 66.7 Å². The molecular formula is C26H20FNO4. The molecule has 0 atom stereocenters. The van der Waals surface area contributed by atoms with Crippen LogP contribution < -0.4 is 9.47 Å². The molecule has 0 spiro atoms. The Hall–Kier alpha value is -4.19. The molecular weight excluding hydrogens is 409 g/mol. The Morgan fingerprint density at radius 1 is 0.781 bits per heavy atom. The number of halogens is 1. The van der Waals surface area contributed by atoms with Crippen molar-refractivity contribution < 1.29 is 23.8 Å². The summed E-state index contributed by atoms with van der Waals surface area (Å²) in [5.74, 6) is -1.33. The van der Waals surface area contributed by atoms with Gasteiger partial charge in [0, 0.05) is 17.2 Å². The summed E-state index contributed by atoms with van der Waals surface area (Å²) in [7, 11) is 0. The minimum Gasteiger partial charge on any atom is -0.478 e. The number of rotatable bonds is 8. The Bertz CT molecular complexity index is 1210. The Kier molecular flexibility index (Phi) is 6.41. The predicted octanol–water partition coefficient (Wildman–Crippen LogP) is 5.74. The molecule has 0 unspecified atom stereocenters. The summed E-state index contributed by atoms with van der Waals surface area (Å²) in [5, 5.41) is 9.56. The first-order valence-corrected chi connectivity index (χ1v) is 9.98. The number of hydrogen-bond donors (Lipinski definition) is 1. The minimum atomic E-state index is -1.24. The smallest absolute Gasteiger partial charge is 0.336 e. The van der Waals surface area contributed by atoms with Crippen LogP contribution in [0.25, 0.3) is 11.1 Å². The van der Waals surface area contributed by atoms with Crippen molar-refractivity contribution in [3.05, 3.63) is 114 Å². The molecule has 3 aromatic carbocycles. The lowest BCUT2D eigenvalue weighted by atomic mass is 10.0. The van der Waals surface area contributed by atoms with E-state index in [4.69, 9.17) is 9.47 Å². The molecule has 4 rings (SSSR count). The molecule has 1 N–H and O–H groups in total. The van der Waals surface area contributed by atoms with Crippen LogP contribution in [0.1, 0.15) is 21.5 Å². The normalized spacial score (nSPS) is 10.5. The number of pyridine rings is 1. The molecule has 0 fully saturated rings. The molecule has 0 amide bonds. The molecule has 0 aliphatic heterocycles. The molecule has 0 saturated carbocycles. The third kappa shape index (κ3) is 5.10. The fourth-order valence-corrected chi connectivity index (χ4v) is 3.20. The maximum atomic E-state index is 13.7. The second-order valence-electron chi connectivity index (χ2n) is 7.05. The zero-order chi connectivity index (χ0) is 22.3. The van der Waals surface area contributed by atoms with E-state index in [0.29, 0.717) is 23.6 Å². The number of carboxylic acid groups (broad SMARTS) is 1. The van der Waals surface area contributed by atoms with E-state index < -0.39 is 11.8 Å². The van der Waals surface area contributed by atoms with Crippen LogP contribution >= 0.6 is 0 Å². The van der Waals surface area contributed by atoms with Crippen LogP contribution in [0.4, 0.5) is 4.39 Å². The molecule has 0 bridgehead atoms. The zero-order valence-corrected chi connectivity index (χ0v) is 17.1. The highest BCUT2D eigenvalue weighted by Gasteiger charge is 2.18. The van der Waals surface area contributed by atoms with Crippen molar-refractivity contribution in [1.29, 1.82) is 0 Å². The standard InChI is InChI=1S/C26H20FNO4/c27-20-11-12-21(23(15-20)26(29)30)22-13-14-24(31-16-18-7-3-1-4-8-18)28-25(22)32-17-19-9-5-2-6-10-19/h1-15H,16-17H2,(H,29,30). The number of nitrogens with zero attached hydrogens (tertiary/aromatic N) is 1. The monoisotopic (exact) mass is 429 g/mol. The fraction of sp³-hybridized carbons (Fsp3) is 0.0769. The lowest BCUT2D eigenvalue weighted by Crippen LogP contribution is -2.05.